The third-order valence-electron chi connectivity index (χ3n) is 4.16. The Bertz CT molecular complexity index is 619. The lowest BCUT2D eigenvalue weighted by Crippen LogP contribution is -2.82. The minimum absolute atomic E-state index is 0.00960. The van der Waals surface area contributed by atoms with Crippen LogP contribution in [0, 0.1) is 0 Å². The van der Waals surface area contributed by atoms with Crippen LogP contribution in [-0.4, -0.2) is 81.9 Å². The molecule has 0 aliphatic carbocycles. The molecule has 140 valence electrons. The molecule has 3 fully saturated rings. The number of carbonyl (C=O) groups is 2. The second kappa shape index (κ2) is 6.69. The summed E-state index contributed by atoms with van der Waals surface area (Å²) in [7, 11) is 1.31. The van der Waals surface area contributed by atoms with Crippen LogP contribution in [0.3, 0.4) is 0 Å². The lowest BCUT2D eigenvalue weighted by atomic mass is 9.84. The fourth-order valence-electron chi connectivity index (χ4n) is 2.64. The van der Waals surface area contributed by atoms with Crippen LogP contribution in [0.1, 0.15) is 13.3 Å². The molecule has 2 bridgehead atoms. The topological polar surface area (TPSA) is 170 Å². The smallest absolute Gasteiger partial charge is 0.280 e. The van der Waals surface area contributed by atoms with Gasteiger partial charge in [-0.1, -0.05) is 5.16 Å². The van der Waals surface area contributed by atoms with Gasteiger partial charge in [0.05, 0.1) is 19.4 Å². The van der Waals surface area contributed by atoms with Gasteiger partial charge in [0.1, 0.15) is 18.8 Å². The number of amides is 2. The quantitative estimate of drug-likeness (QED) is 0.219. The number of hydrogen-bond acceptors (Lipinski definition) is 9. The first-order chi connectivity index (χ1) is 11.6. The Morgan fingerprint density at radius 3 is 2.72 bits per heavy atom. The summed E-state index contributed by atoms with van der Waals surface area (Å²) in [6, 6.07) is 0. The van der Waals surface area contributed by atoms with Crippen molar-refractivity contribution in [3.63, 3.8) is 0 Å². The van der Waals surface area contributed by atoms with Gasteiger partial charge in [0.25, 0.3) is 17.5 Å². The third kappa shape index (κ3) is 3.12. The van der Waals surface area contributed by atoms with E-state index in [1.807, 2.05) is 0 Å². The lowest BCUT2D eigenvalue weighted by Gasteiger charge is -2.49. The zero-order valence-corrected chi connectivity index (χ0v) is 13.7. The summed E-state index contributed by atoms with van der Waals surface area (Å²) in [6.07, 6.45) is 0.474. The number of aliphatic hydroxyl groups is 4. The molecule has 0 saturated carbocycles. The van der Waals surface area contributed by atoms with E-state index in [2.05, 4.69) is 20.6 Å². The summed E-state index contributed by atoms with van der Waals surface area (Å²) in [5, 5.41) is 47.9. The number of allylic oxidation sites excluding steroid dienone is 1. The fraction of sp³-hybridized carbons (Fsp3) is 0.643. The standard InChI is InChI=1S/C14H21N3O8/c1-12(22,7-18)9(19)14-11(21)16-13(23,10(20)17-14)8(4-6-25-14)3-5-15-24-2/h3,5,9,18-19,22-23H,4,6-7H2,1-2H3,(H,16,21)(H,17,20)/b8-3+,15-5+/t9-,12-,13-,14+/m1/s1. The van der Waals surface area contributed by atoms with Crippen molar-refractivity contribution in [1.29, 1.82) is 0 Å². The van der Waals surface area contributed by atoms with E-state index >= 15 is 0 Å². The number of carbonyl (C=O) groups excluding carboxylic acids is 2. The van der Waals surface area contributed by atoms with E-state index in [1.165, 1.54) is 19.4 Å². The minimum atomic E-state index is -2.38. The number of ether oxygens (including phenoxy) is 1. The molecule has 0 aromatic rings. The Kier molecular flexibility index (Phi) is 5.16. The highest BCUT2D eigenvalue weighted by molar-refractivity contribution is 6.03. The molecule has 11 nitrogen and oxygen atoms in total. The Labute approximate surface area is 142 Å². The molecule has 4 atom stereocenters. The number of aliphatic hydroxyl groups excluding tert-OH is 2. The summed E-state index contributed by atoms with van der Waals surface area (Å²) < 4.78 is 5.38. The van der Waals surface area contributed by atoms with Crippen molar-refractivity contribution >= 4 is 18.0 Å². The molecule has 0 unspecified atom stereocenters. The molecule has 3 aliphatic rings. The van der Waals surface area contributed by atoms with Crippen molar-refractivity contribution in [2.75, 3.05) is 20.3 Å². The van der Waals surface area contributed by atoms with Crippen LogP contribution < -0.4 is 10.6 Å². The highest BCUT2D eigenvalue weighted by Gasteiger charge is 2.63. The molecule has 25 heavy (non-hydrogen) atoms. The summed E-state index contributed by atoms with van der Waals surface area (Å²) >= 11 is 0. The van der Waals surface area contributed by atoms with Gasteiger partial charge >= 0.3 is 0 Å². The average Bonchev–Trinajstić information content (AvgIpc) is 2.56. The van der Waals surface area contributed by atoms with E-state index in [-0.39, 0.29) is 18.6 Å². The van der Waals surface area contributed by atoms with Crippen molar-refractivity contribution in [2.24, 2.45) is 5.16 Å². The molecule has 2 amide bonds. The number of rotatable bonds is 5. The Morgan fingerprint density at radius 1 is 1.44 bits per heavy atom. The SMILES string of the molecule is CO/N=C/C=C1\CCO[C@]2([C@H](O)[C@](C)(O)CO)NC(=O)[C@@]1(O)NC2=O. The van der Waals surface area contributed by atoms with Gasteiger partial charge < -0.3 is 40.6 Å². The molecule has 3 saturated heterocycles. The van der Waals surface area contributed by atoms with Crippen LogP contribution in [0.2, 0.25) is 0 Å². The van der Waals surface area contributed by atoms with Crippen LogP contribution in [-0.2, 0) is 19.2 Å². The maximum Gasteiger partial charge on any atom is 0.280 e. The van der Waals surface area contributed by atoms with Crippen LogP contribution in [0.4, 0.5) is 0 Å². The van der Waals surface area contributed by atoms with Crippen LogP contribution in [0.15, 0.2) is 16.8 Å². The van der Waals surface area contributed by atoms with Gasteiger partial charge in [-0.25, -0.2) is 0 Å². The molecule has 3 aliphatic heterocycles. The van der Waals surface area contributed by atoms with Gasteiger partial charge in [-0.2, -0.15) is 0 Å². The number of nitrogens with one attached hydrogen (secondary N) is 2. The molecule has 0 aromatic heterocycles. The Balaban J connectivity index is 2.44. The zero-order valence-electron chi connectivity index (χ0n) is 13.7. The van der Waals surface area contributed by atoms with Gasteiger partial charge in [0.2, 0.25) is 5.72 Å². The van der Waals surface area contributed by atoms with E-state index in [4.69, 9.17) is 4.74 Å². The Morgan fingerprint density at radius 2 is 2.12 bits per heavy atom. The van der Waals surface area contributed by atoms with Gasteiger partial charge in [-0.05, 0) is 25.0 Å². The number of fused-ring (bicyclic) bond motifs is 5. The third-order valence-corrected chi connectivity index (χ3v) is 4.16. The highest BCUT2D eigenvalue weighted by Crippen LogP contribution is 2.33. The molecule has 11 heteroatoms. The second-order valence-corrected chi connectivity index (χ2v) is 6.00. The summed E-state index contributed by atoms with van der Waals surface area (Å²) in [6.45, 7) is -0.00606. The van der Waals surface area contributed by atoms with E-state index < -0.39 is 41.6 Å². The van der Waals surface area contributed by atoms with Crippen LogP contribution in [0.5, 0.6) is 0 Å². The van der Waals surface area contributed by atoms with Crippen molar-refractivity contribution in [3.8, 4) is 0 Å². The fourth-order valence-corrected chi connectivity index (χ4v) is 2.64. The molecule has 0 radical (unpaired) electrons. The monoisotopic (exact) mass is 359 g/mol. The number of nitrogens with zero attached hydrogens (tertiary/aromatic N) is 1. The first-order valence-electron chi connectivity index (χ1n) is 7.43. The van der Waals surface area contributed by atoms with Crippen molar-refractivity contribution in [2.45, 2.75) is 36.5 Å². The molecule has 0 spiro atoms. The maximum absolute atomic E-state index is 12.5. The highest BCUT2D eigenvalue weighted by atomic mass is 16.6. The summed E-state index contributed by atoms with van der Waals surface area (Å²) in [5.74, 6) is -2.15. The maximum atomic E-state index is 12.5. The van der Waals surface area contributed by atoms with Crippen LogP contribution >= 0.6 is 0 Å². The van der Waals surface area contributed by atoms with Crippen molar-refractivity contribution in [3.05, 3.63) is 11.6 Å². The summed E-state index contributed by atoms with van der Waals surface area (Å²) in [4.78, 5) is 29.5. The largest absolute Gasteiger partial charge is 0.399 e. The zero-order chi connectivity index (χ0) is 18.9. The van der Waals surface area contributed by atoms with E-state index in [0.29, 0.717) is 0 Å². The predicted molar refractivity (Wildman–Crippen MR) is 81.8 cm³/mol. The number of oxime groups is 1. The first-order valence-corrected chi connectivity index (χ1v) is 7.43. The second-order valence-electron chi connectivity index (χ2n) is 6.00. The van der Waals surface area contributed by atoms with Gasteiger partial charge in [0.15, 0.2) is 0 Å². The van der Waals surface area contributed by atoms with E-state index in [9.17, 15) is 30.0 Å². The molecular weight excluding hydrogens is 338 g/mol. The normalized spacial score (nSPS) is 34.9. The number of piperazine rings is 1. The van der Waals surface area contributed by atoms with Gasteiger partial charge in [-0.15, -0.1) is 0 Å². The molecule has 3 heterocycles. The van der Waals surface area contributed by atoms with Gasteiger partial charge in [-0.3, -0.25) is 9.59 Å². The lowest BCUT2D eigenvalue weighted by molar-refractivity contribution is -0.230. The summed E-state index contributed by atoms with van der Waals surface area (Å²) in [5.41, 5.74) is -6.81. The molecule has 3 rings (SSSR count). The van der Waals surface area contributed by atoms with Gasteiger partial charge in [0, 0.05) is 0 Å². The first kappa shape index (κ1) is 19.3. The van der Waals surface area contributed by atoms with Crippen molar-refractivity contribution in [1.82, 2.24) is 10.6 Å². The molecular formula is C14H21N3O8. The molecule has 0 aromatic carbocycles. The Hall–Kier alpha value is -2.05. The predicted octanol–water partition coefficient (Wildman–Crippen LogP) is -3.30. The average molecular weight is 359 g/mol. The molecule has 6 N–H and O–H groups in total. The van der Waals surface area contributed by atoms with E-state index in [0.717, 1.165) is 6.92 Å². The van der Waals surface area contributed by atoms with Crippen molar-refractivity contribution < 1.29 is 39.6 Å². The van der Waals surface area contributed by atoms with E-state index in [1.54, 1.807) is 0 Å². The number of hydrogen-bond donors (Lipinski definition) is 6. The van der Waals surface area contributed by atoms with Crippen LogP contribution in [0.25, 0.3) is 0 Å². The minimum Gasteiger partial charge on any atom is -0.399 e.